The number of phenolic OH excluding ortho intramolecular Hbond substituents is 1. The molecule has 0 saturated carbocycles. The molecule has 35 heavy (non-hydrogen) atoms. The number of ketones is 1. The third-order valence-corrected chi connectivity index (χ3v) is 5.70. The zero-order valence-electron chi connectivity index (χ0n) is 18.3. The molecule has 0 bridgehead atoms. The van der Waals surface area contributed by atoms with Crippen molar-refractivity contribution in [3.05, 3.63) is 125 Å². The second-order valence-corrected chi connectivity index (χ2v) is 7.92. The molecule has 170 valence electrons. The number of rotatable bonds is 5. The van der Waals surface area contributed by atoms with Crippen LogP contribution in [0.25, 0.3) is 0 Å². The Balaban J connectivity index is 1.43. The molecule has 5 rings (SSSR count). The molecular weight excluding hydrogens is 444 g/mol. The summed E-state index contributed by atoms with van der Waals surface area (Å²) in [7, 11) is 0. The fourth-order valence-corrected chi connectivity index (χ4v) is 3.93. The van der Waals surface area contributed by atoms with Crippen LogP contribution in [0.3, 0.4) is 0 Å². The fourth-order valence-electron chi connectivity index (χ4n) is 3.93. The molecule has 0 saturated heterocycles. The fraction of sp³-hybridized carbons (Fsp3) is 0. The van der Waals surface area contributed by atoms with Crippen molar-refractivity contribution in [3.8, 4) is 5.75 Å². The van der Waals surface area contributed by atoms with E-state index in [4.69, 9.17) is 0 Å². The van der Waals surface area contributed by atoms with E-state index in [1.807, 2.05) is 6.07 Å². The van der Waals surface area contributed by atoms with Gasteiger partial charge in [-0.2, -0.15) is 0 Å². The maximum Gasteiger partial charge on any atom is 0.266 e. The van der Waals surface area contributed by atoms with Crippen molar-refractivity contribution in [3.63, 3.8) is 0 Å². The van der Waals surface area contributed by atoms with Crippen molar-refractivity contribution in [2.24, 2.45) is 0 Å². The van der Waals surface area contributed by atoms with E-state index in [9.17, 15) is 24.3 Å². The van der Waals surface area contributed by atoms with Crippen LogP contribution >= 0.6 is 0 Å². The highest BCUT2D eigenvalue weighted by atomic mass is 16.3. The van der Waals surface area contributed by atoms with Crippen LogP contribution in [0.5, 0.6) is 5.75 Å². The number of aromatic hydroxyl groups is 1. The molecule has 2 N–H and O–H groups in total. The van der Waals surface area contributed by atoms with Gasteiger partial charge in [-0.3, -0.25) is 19.2 Å². The number of nitrogens with one attached hydrogen (secondary N) is 1. The van der Waals surface area contributed by atoms with E-state index in [-0.39, 0.29) is 39.6 Å². The normalized spacial score (nSPS) is 12.4. The maximum atomic E-state index is 13.2. The van der Waals surface area contributed by atoms with Gasteiger partial charge in [0.05, 0.1) is 22.5 Å². The van der Waals surface area contributed by atoms with Crippen molar-refractivity contribution in [1.29, 1.82) is 0 Å². The van der Waals surface area contributed by atoms with E-state index in [1.54, 1.807) is 60.7 Å². The van der Waals surface area contributed by atoms with Gasteiger partial charge in [-0.25, -0.2) is 4.90 Å². The number of imide groups is 1. The van der Waals surface area contributed by atoms with Crippen molar-refractivity contribution in [1.82, 2.24) is 0 Å². The van der Waals surface area contributed by atoms with Crippen LogP contribution in [0, 0.1) is 0 Å². The maximum absolute atomic E-state index is 13.2. The first-order valence-electron chi connectivity index (χ1n) is 10.8. The Bertz CT molecular complexity index is 1510. The van der Waals surface area contributed by atoms with Gasteiger partial charge >= 0.3 is 0 Å². The predicted molar refractivity (Wildman–Crippen MR) is 130 cm³/mol. The zero-order chi connectivity index (χ0) is 24.5. The van der Waals surface area contributed by atoms with Gasteiger partial charge < -0.3 is 10.4 Å². The molecule has 1 aliphatic heterocycles. The Kier molecular flexibility index (Phi) is 5.43. The first kappa shape index (κ1) is 21.8. The Morgan fingerprint density at radius 1 is 0.657 bits per heavy atom. The molecule has 0 radical (unpaired) electrons. The minimum absolute atomic E-state index is 0.0831. The summed E-state index contributed by atoms with van der Waals surface area (Å²) in [5, 5.41) is 12.5. The number of hydrogen-bond acceptors (Lipinski definition) is 5. The van der Waals surface area contributed by atoms with Gasteiger partial charge in [-0.05, 0) is 42.5 Å². The molecule has 1 aliphatic rings. The summed E-state index contributed by atoms with van der Waals surface area (Å²) in [6.07, 6.45) is 0. The lowest BCUT2D eigenvalue weighted by Gasteiger charge is -2.14. The lowest BCUT2D eigenvalue weighted by atomic mass is 10.0. The summed E-state index contributed by atoms with van der Waals surface area (Å²) in [5.41, 5.74) is 1.72. The monoisotopic (exact) mass is 462 g/mol. The summed E-state index contributed by atoms with van der Waals surface area (Å²) in [4.78, 5) is 52.8. The molecule has 0 atom stereocenters. The summed E-state index contributed by atoms with van der Waals surface area (Å²) >= 11 is 0. The average molecular weight is 462 g/mol. The molecule has 4 aromatic rings. The van der Waals surface area contributed by atoms with E-state index in [0.29, 0.717) is 11.1 Å². The van der Waals surface area contributed by atoms with Crippen LogP contribution < -0.4 is 10.2 Å². The van der Waals surface area contributed by atoms with Gasteiger partial charge in [-0.15, -0.1) is 0 Å². The third kappa shape index (κ3) is 3.95. The predicted octanol–water partition coefficient (Wildman–Crippen LogP) is 4.68. The molecular formula is C28H18N2O5. The Morgan fingerprint density at radius 2 is 1.34 bits per heavy atom. The Hall–Kier alpha value is -5.04. The molecule has 0 unspecified atom stereocenters. The second-order valence-electron chi connectivity index (χ2n) is 7.92. The highest BCUT2D eigenvalue weighted by Gasteiger charge is 2.37. The highest BCUT2D eigenvalue weighted by molar-refractivity contribution is 6.35. The number of anilines is 2. The van der Waals surface area contributed by atoms with E-state index in [0.717, 1.165) is 4.90 Å². The average Bonchev–Trinajstić information content (AvgIpc) is 3.14. The quantitative estimate of drug-likeness (QED) is 0.255. The first-order valence-corrected chi connectivity index (χ1v) is 10.8. The molecule has 0 aliphatic carbocycles. The smallest absolute Gasteiger partial charge is 0.266 e. The van der Waals surface area contributed by atoms with Gasteiger partial charge in [0.15, 0.2) is 5.78 Å². The van der Waals surface area contributed by atoms with Crippen LogP contribution in [0.2, 0.25) is 0 Å². The highest BCUT2D eigenvalue weighted by Crippen LogP contribution is 2.30. The number of hydrogen-bond donors (Lipinski definition) is 2. The van der Waals surface area contributed by atoms with Crippen molar-refractivity contribution >= 4 is 34.9 Å². The van der Waals surface area contributed by atoms with Gasteiger partial charge in [-0.1, -0.05) is 54.6 Å². The summed E-state index contributed by atoms with van der Waals surface area (Å²) in [6, 6.07) is 25.5. The molecule has 0 aromatic heterocycles. The third-order valence-electron chi connectivity index (χ3n) is 5.70. The van der Waals surface area contributed by atoms with Crippen molar-refractivity contribution < 1.29 is 24.3 Å². The van der Waals surface area contributed by atoms with Gasteiger partial charge in [0.2, 0.25) is 0 Å². The standard InChI is InChI=1S/C28H18N2O5/c31-24-12-5-4-11-23(24)29-26(33)19-13-14-21-22(16-19)28(35)30(27(21)34)20-10-6-9-18(15-20)25(32)17-7-2-1-3-8-17/h1-16,31H,(H,29,33). The number of amides is 3. The van der Waals surface area contributed by atoms with Gasteiger partial charge in [0.25, 0.3) is 17.7 Å². The molecule has 4 aromatic carbocycles. The topological polar surface area (TPSA) is 104 Å². The second kappa shape index (κ2) is 8.72. The van der Waals surface area contributed by atoms with Gasteiger partial charge in [0, 0.05) is 16.7 Å². The van der Waals surface area contributed by atoms with Crippen LogP contribution in [-0.2, 0) is 0 Å². The van der Waals surface area contributed by atoms with Crippen LogP contribution in [0.1, 0.15) is 47.0 Å². The van der Waals surface area contributed by atoms with Crippen LogP contribution in [-0.4, -0.2) is 28.6 Å². The van der Waals surface area contributed by atoms with Gasteiger partial charge in [0.1, 0.15) is 5.75 Å². The lowest BCUT2D eigenvalue weighted by Crippen LogP contribution is -2.29. The zero-order valence-corrected chi connectivity index (χ0v) is 18.3. The number of carbonyl (C=O) groups is 4. The number of phenols is 1. The van der Waals surface area contributed by atoms with E-state index >= 15 is 0 Å². The van der Waals surface area contributed by atoms with Crippen molar-refractivity contribution in [2.75, 3.05) is 10.2 Å². The largest absolute Gasteiger partial charge is 0.506 e. The summed E-state index contributed by atoms with van der Waals surface area (Å²) in [6.45, 7) is 0. The molecule has 7 heteroatoms. The molecule has 0 fully saturated rings. The minimum Gasteiger partial charge on any atom is -0.506 e. The number of carbonyl (C=O) groups excluding carboxylic acids is 4. The Labute approximate surface area is 200 Å². The summed E-state index contributed by atoms with van der Waals surface area (Å²) in [5.74, 6) is -1.99. The van der Waals surface area contributed by atoms with Crippen molar-refractivity contribution in [2.45, 2.75) is 0 Å². The number of benzene rings is 4. The molecule has 3 amide bonds. The van der Waals surface area contributed by atoms with E-state index in [1.165, 1.54) is 30.3 Å². The minimum atomic E-state index is -0.591. The first-order chi connectivity index (χ1) is 16.9. The van der Waals surface area contributed by atoms with Crippen LogP contribution in [0.15, 0.2) is 97.1 Å². The Morgan fingerprint density at radius 3 is 2.11 bits per heavy atom. The summed E-state index contributed by atoms with van der Waals surface area (Å²) < 4.78 is 0. The number of nitrogens with zero attached hydrogens (tertiary/aromatic N) is 1. The number of fused-ring (bicyclic) bond motifs is 1. The van der Waals surface area contributed by atoms with E-state index in [2.05, 4.69) is 5.32 Å². The molecule has 0 spiro atoms. The van der Waals surface area contributed by atoms with E-state index < -0.39 is 17.7 Å². The van der Waals surface area contributed by atoms with Crippen LogP contribution in [0.4, 0.5) is 11.4 Å². The molecule has 1 heterocycles. The SMILES string of the molecule is O=C(Nc1ccccc1O)c1ccc2c(c1)C(=O)N(c1cccc(C(=O)c3ccccc3)c1)C2=O. The number of para-hydroxylation sites is 2. The lowest BCUT2D eigenvalue weighted by molar-refractivity contribution is 0.0923. The molecule has 7 nitrogen and oxygen atoms in total.